The largest absolute Gasteiger partial charge is 0.481 e. The van der Waals surface area contributed by atoms with Crippen molar-refractivity contribution in [3.8, 4) is 0 Å². The highest BCUT2D eigenvalue weighted by Crippen LogP contribution is 2.43. The number of morpholine rings is 1. The van der Waals surface area contributed by atoms with Crippen molar-refractivity contribution < 1.29 is 14.6 Å². The van der Waals surface area contributed by atoms with Crippen LogP contribution in [0.3, 0.4) is 0 Å². The van der Waals surface area contributed by atoms with Crippen molar-refractivity contribution >= 4 is 11.7 Å². The number of nitrogens with zero attached hydrogens (tertiary/aromatic N) is 1. The van der Waals surface area contributed by atoms with Gasteiger partial charge in [-0.1, -0.05) is 37.5 Å². The maximum Gasteiger partial charge on any atom is 0.314 e. The Labute approximate surface area is 125 Å². The zero-order valence-electron chi connectivity index (χ0n) is 12.4. The second-order valence-corrected chi connectivity index (χ2v) is 6.06. The van der Waals surface area contributed by atoms with Gasteiger partial charge in [-0.25, -0.2) is 0 Å². The molecule has 4 heteroatoms. The van der Waals surface area contributed by atoms with Crippen molar-refractivity contribution in [3.63, 3.8) is 0 Å². The maximum absolute atomic E-state index is 12.1. The monoisotopic (exact) mass is 289 g/mol. The smallest absolute Gasteiger partial charge is 0.314 e. The molecule has 2 fully saturated rings. The van der Waals surface area contributed by atoms with E-state index in [9.17, 15) is 9.90 Å². The number of hydrogen-bond donors (Lipinski definition) is 1. The van der Waals surface area contributed by atoms with E-state index in [4.69, 9.17) is 4.74 Å². The van der Waals surface area contributed by atoms with Crippen LogP contribution in [0.15, 0.2) is 24.3 Å². The number of anilines is 1. The molecule has 0 atom stereocenters. The summed E-state index contributed by atoms with van der Waals surface area (Å²) in [6.45, 7) is 3.11. The summed E-state index contributed by atoms with van der Waals surface area (Å²) < 4.78 is 5.42. The molecule has 21 heavy (non-hydrogen) atoms. The van der Waals surface area contributed by atoms with Crippen molar-refractivity contribution in [1.29, 1.82) is 0 Å². The van der Waals surface area contributed by atoms with E-state index in [1.807, 2.05) is 18.2 Å². The molecule has 1 aliphatic carbocycles. The van der Waals surface area contributed by atoms with Gasteiger partial charge in [0.05, 0.1) is 18.6 Å². The van der Waals surface area contributed by atoms with Gasteiger partial charge in [-0.3, -0.25) is 4.79 Å². The van der Waals surface area contributed by atoms with Crippen LogP contribution in [0.1, 0.15) is 37.7 Å². The summed E-state index contributed by atoms with van der Waals surface area (Å²) in [5.41, 5.74) is 1.39. The van der Waals surface area contributed by atoms with E-state index in [2.05, 4.69) is 11.0 Å². The van der Waals surface area contributed by atoms with Gasteiger partial charge in [0.25, 0.3) is 0 Å². The first-order valence-electron chi connectivity index (χ1n) is 7.90. The Hall–Kier alpha value is -1.55. The number of para-hydroxylation sites is 1. The molecule has 0 aromatic heterocycles. The van der Waals surface area contributed by atoms with Crippen LogP contribution in [-0.2, 0) is 14.9 Å². The molecule has 114 valence electrons. The average molecular weight is 289 g/mol. The highest BCUT2D eigenvalue weighted by atomic mass is 16.5. The summed E-state index contributed by atoms with van der Waals surface area (Å²) >= 11 is 0. The van der Waals surface area contributed by atoms with Crippen LogP contribution >= 0.6 is 0 Å². The first-order valence-corrected chi connectivity index (χ1v) is 7.90. The predicted octanol–water partition coefficient (Wildman–Crippen LogP) is 2.81. The van der Waals surface area contributed by atoms with Crippen LogP contribution in [0.2, 0.25) is 0 Å². The minimum absolute atomic E-state index is 0.664. The van der Waals surface area contributed by atoms with E-state index < -0.39 is 11.4 Å². The predicted molar refractivity (Wildman–Crippen MR) is 81.9 cm³/mol. The van der Waals surface area contributed by atoms with Gasteiger partial charge in [-0.05, 0) is 24.5 Å². The van der Waals surface area contributed by atoms with Gasteiger partial charge in [0.1, 0.15) is 0 Å². The Morgan fingerprint density at radius 2 is 1.76 bits per heavy atom. The van der Waals surface area contributed by atoms with E-state index >= 15 is 0 Å². The zero-order chi connectivity index (χ0) is 14.7. The minimum Gasteiger partial charge on any atom is -0.481 e. The molecule has 0 amide bonds. The van der Waals surface area contributed by atoms with Crippen LogP contribution < -0.4 is 4.90 Å². The van der Waals surface area contributed by atoms with Gasteiger partial charge >= 0.3 is 5.97 Å². The molecule has 0 spiro atoms. The standard InChI is InChI=1S/C17H23NO3/c19-16(20)17(8-4-1-5-9-17)14-6-2-3-7-15(14)18-10-12-21-13-11-18/h2-3,6-7H,1,4-5,8-13H2,(H,19,20). The molecule has 1 saturated carbocycles. The lowest BCUT2D eigenvalue weighted by molar-refractivity contribution is -0.145. The highest BCUT2D eigenvalue weighted by Gasteiger charge is 2.43. The fourth-order valence-corrected chi connectivity index (χ4v) is 3.71. The third kappa shape index (κ3) is 2.64. The molecule has 1 aliphatic heterocycles. The number of hydrogen-bond acceptors (Lipinski definition) is 3. The average Bonchev–Trinajstić information content (AvgIpc) is 2.56. The summed E-state index contributed by atoms with van der Waals surface area (Å²) in [5.74, 6) is -0.664. The van der Waals surface area contributed by atoms with Crippen molar-refractivity contribution in [2.24, 2.45) is 0 Å². The quantitative estimate of drug-likeness (QED) is 0.929. The van der Waals surface area contributed by atoms with Crippen LogP contribution in [0.4, 0.5) is 5.69 Å². The summed E-state index contributed by atoms with van der Waals surface area (Å²) in [5, 5.41) is 9.92. The Morgan fingerprint density at radius 3 is 2.43 bits per heavy atom. The molecule has 4 nitrogen and oxygen atoms in total. The summed E-state index contributed by atoms with van der Waals surface area (Å²) in [4.78, 5) is 14.3. The van der Waals surface area contributed by atoms with Crippen LogP contribution in [0, 0.1) is 0 Å². The number of rotatable bonds is 3. The van der Waals surface area contributed by atoms with Crippen LogP contribution in [0.25, 0.3) is 0 Å². The Balaban J connectivity index is 2.01. The maximum atomic E-state index is 12.1. The lowest BCUT2D eigenvalue weighted by Gasteiger charge is -2.38. The van der Waals surface area contributed by atoms with E-state index in [-0.39, 0.29) is 0 Å². The van der Waals surface area contributed by atoms with Crippen molar-refractivity contribution in [3.05, 3.63) is 29.8 Å². The van der Waals surface area contributed by atoms with Gasteiger partial charge in [-0.2, -0.15) is 0 Å². The highest BCUT2D eigenvalue weighted by molar-refractivity contribution is 5.84. The van der Waals surface area contributed by atoms with Crippen LogP contribution in [0.5, 0.6) is 0 Å². The Bertz CT molecular complexity index is 503. The molecule has 1 N–H and O–H groups in total. The summed E-state index contributed by atoms with van der Waals surface area (Å²) in [7, 11) is 0. The minimum atomic E-state index is -0.701. The van der Waals surface area contributed by atoms with E-state index in [1.165, 1.54) is 0 Å². The number of carboxylic acid groups (broad SMARTS) is 1. The lowest BCUT2D eigenvalue weighted by Crippen LogP contribution is -2.42. The van der Waals surface area contributed by atoms with E-state index in [0.29, 0.717) is 13.2 Å². The topological polar surface area (TPSA) is 49.8 Å². The fourth-order valence-electron chi connectivity index (χ4n) is 3.71. The van der Waals surface area contributed by atoms with Crippen molar-refractivity contribution in [1.82, 2.24) is 0 Å². The van der Waals surface area contributed by atoms with Gasteiger partial charge < -0.3 is 14.7 Å². The second-order valence-electron chi connectivity index (χ2n) is 6.06. The van der Waals surface area contributed by atoms with Crippen LogP contribution in [-0.4, -0.2) is 37.4 Å². The molecule has 0 bridgehead atoms. The van der Waals surface area contributed by atoms with Gasteiger partial charge in [0.2, 0.25) is 0 Å². The third-order valence-electron chi connectivity index (χ3n) is 4.89. The van der Waals surface area contributed by atoms with E-state index in [0.717, 1.165) is 56.4 Å². The molecular formula is C17H23NO3. The number of ether oxygens (including phenoxy) is 1. The number of aliphatic carboxylic acids is 1. The van der Waals surface area contributed by atoms with Gasteiger partial charge in [0.15, 0.2) is 0 Å². The Kier molecular flexibility index (Phi) is 4.15. The van der Waals surface area contributed by atoms with Crippen molar-refractivity contribution in [2.45, 2.75) is 37.5 Å². The lowest BCUT2D eigenvalue weighted by atomic mass is 9.69. The number of benzene rings is 1. The second kappa shape index (κ2) is 6.06. The molecule has 3 rings (SSSR count). The number of carbonyl (C=O) groups is 1. The van der Waals surface area contributed by atoms with Crippen molar-refractivity contribution in [2.75, 3.05) is 31.2 Å². The molecule has 2 aliphatic rings. The molecule has 0 unspecified atom stereocenters. The molecule has 1 saturated heterocycles. The van der Waals surface area contributed by atoms with Gasteiger partial charge in [0, 0.05) is 18.8 Å². The van der Waals surface area contributed by atoms with E-state index in [1.54, 1.807) is 0 Å². The molecule has 1 aromatic carbocycles. The Morgan fingerprint density at radius 1 is 1.10 bits per heavy atom. The summed E-state index contributed by atoms with van der Waals surface area (Å²) in [6, 6.07) is 8.06. The molecule has 0 radical (unpaired) electrons. The van der Waals surface area contributed by atoms with Gasteiger partial charge in [-0.15, -0.1) is 0 Å². The normalized spacial score (nSPS) is 22.0. The molecule has 1 aromatic rings. The summed E-state index contributed by atoms with van der Waals surface area (Å²) in [6.07, 6.45) is 4.66. The SMILES string of the molecule is O=C(O)C1(c2ccccc2N2CCOCC2)CCCCC1. The third-order valence-corrected chi connectivity index (χ3v) is 4.89. The molecular weight excluding hydrogens is 266 g/mol. The zero-order valence-corrected chi connectivity index (χ0v) is 12.4. The number of carboxylic acids is 1. The first-order chi connectivity index (χ1) is 10.2. The molecule has 1 heterocycles. The fraction of sp³-hybridized carbons (Fsp3) is 0.588. The first kappa shape index (κ1) is 14.4.